The normalized spacial score (nSPS) is 18.0. The predicted molar refractivity (Wildman–Crippen MR) is 88.4 cm³/mol. The van der Waals surface area contributed by atoms with E-state index in [1.165, 1.54) is 6.42 Å². The van der Waals surface area contributed by atoms with Crippen molar-refractivity contribution in [3.63, 3.8) is 0 Å². The summed E-state index contributed by atoms with van der Waals surface area (Å²) in [5.41, 5.74) is 7.60. The molecule has 0 saturated heterocycles. The third-order valence-electron chi connectivity index (χ3n) is 4.10. The van der Waals surface area contributed by atoms with Crippen molar-refractivity contribution in [1.29, 1.82) is 0 Å². The van der Waals surface area contributed by atoms with E-state index in [0.717, 1.165) is 36.8 Å². The number of sulfonamides is 1. The number of nitrogens with two attached hydrogens (primary N) is 1. The second-order valence-electron chi connectivity index (χ2n) is 6.02. The molecule has 3 N–H and O–H groups in total. The van der Waals surface area contributed by atoms with E-state index < -0.39 is 10.0 Å². The van der Waals surface area contributed by atoms with Gasteiger partial charge in [-0.3, -0.25) is 0 Å². The lowest BCUT2D eigenvalue weighted by atomic mass is 9.83. The van der Waals surface area contributed by atoms with Crippen LogP contribution in [0.1, 0.15) is 43.2 Å². The molecule has 1 saturated carbocycles. The Kier molecular flexibility index (Phi) is 6.23. The van der Waals surface area contributed by atoms with Gasteiger partial charge in [0.2, 0.25) is 10.0 Å². The van der Waals surface area contributed by atoms with Crippen LogP contribution < -0.4 is 10.5 Å². The van der Waals surface area contributed by atoms with Crippen molar-refractivity contribution < 1.29 is 8.42 Å². The summed E-state index contributed by atoms with van der Waals surface area (Å²) in [6.45, 7) is 4.03. The van der Waals surface area contributed by atoms with Gasteiger partial charge in [-0.25, -0.2) is 13.1 Å². The maximum Gasteiger partial charge on any atom is 0.240 e. The maximum absolute atomic E-state index is 12.4. The van der Waals surface area contributed by atoms with Crippen molar-refractivity contribution in [3.05, 3.63) is 29.3 Å². The molecular weight excluding hydrogens is 308 g/mol. The Morgan fingerprint density at radius 1 is 1.19 bits per heavy atom. The zero-order valence-electron chi connectivity index (χ0n) is 12.7. The van der Waals surface area contributed by atoms with E-state index in [9.17, 15) is 8.42 Å². The molecule has 0 spiro atoms. The topological polar surface area (TPSA) is 72.2 Å². The van der Waals surface area contributed by atoms with E-state index in [2.05, 4.69) is 4.72 Å². The number of hydrogen-bond acceptors (Lipinski definition) is 3. The highest BCUT2D eigenvalue weighted by atomic mass is 35.5. The fourth-order valence-corrected chi connectivity index (χ4v) is 4.21. The summed E-state index contributed by atoms with van der Waals surface area (Å²) in [6.07, 6.45) is 5.15. The molecule has 0 aliphatic heterocycles. The number of rotatable bonds is 4. The SMILES string of the molecule is Cc1ccc(C)c(S(=O)(=O)NCC2(N)CCCCC2)c1.Cl. The summed E-state index contributed by atoms with van der Waals surface area (Å²) in [5, 5.41) is 0. The summed E-state index contributed by atoms with van der Waals surface area (Å²) in [4.78, 5) is 0.358. The van der Waals surface area contributed by atoms with Gasteiger partial charge >= 0.3 is 0 Å². The largest absolute Gasteiger partial charge is 0.324 e. The standard InChI is InChI=1S/C15H24N2O2S.ClH/c1-12-6-7-13(2)14(10-12)20(18,19)17-11-15(16)8-4-3-5-9-15;/h6-7,10,17H,3-5,8-9,11,16H2,1-2H3;1H. The van der Waals surface area contributed by atoms with E-state index in [1.807, 2.05) is 26.0 Å². The van der Waals surface area contributed by atoms with E-state index >= 15 is 0 Å². The minimum atomic E-state index is -3.48. The third kappa shape index (κ3) is 4.68. The highest BCUT2D eigenvalue weighted by Crippen LogP contribution is 2.26. The van der Waals surface area contributed by atoms with Gasteiger partial charge in [-0.2, -0.15) is 0 Å². The van der Waals surface area contributed by atoms with E-state index in [0.29, 0.717) is 11.4 Å². The quantitative estimate of drug-likeness (QED) is 0.890. The molecule has 0 bridgehead atoms. The fourth-order valence-electron chi connectivity index (χ4n) is 2.75. The van der Waals surface area contributed by atoms with Crippen LogP contribution in [-0.2, 0) is 10.0 Å². The average molecular weight is 333 g/mol. The van der Waals surface area contributed by atoms with Gasteiger partial charge in [0.15, 0.2) is 0 Å². The van der Waals surface area contributed by atoms with Crippen LogP contribution in [0.25, 0.3) is 0 Å². The third-order valence-corrected chi connectivity index (χ3v) is 5.64. The summed E-state index contributed by atoms with van der Waals surface area (Å²) in [5.74, 6) is 0. The molecule has 1 aliphatic carbocycles. The van der Waals surface area contributed by atoms with Gasteiger partial charge in [-0.15, -0.1) is 12.4 Å². The van der Waals surface area contributed by atoms with Gasteiger partial charge in [0, 0.05) is 12.1 Å². The van der Waals surface area contributed by atoms with Gasteiger partial charge in [0.1, 0.15) is 0 Å². The minimum Gasteiger partial charge on any atom is -0.324 e. The molecule has 0 amide bonds. The lowest BCUT2D eigenvalue weighted by Crippen LogP contribution is -2.51. The molecule has 0 unspecified atom stereocenters. The first-order chi connectivity index (χ1) is 9.32. The molecule has 120 valence electrons. The fraction of sp³-hybridized carbons (Fsp3) is 0.600. The number of halogens is 1. The number of hydrogen-bond donors (Lipinski definition) is 2. The number of benzene rings is 1. The van der Waals surface area contributed by atoms with Crippen molar-refractivity contribution >= 4 is 22.4 Å². The average Bonchev–Trinajstić information content (AvgIpc) is 2.40. The van der Waals surface area contributed by atoms with Crippen molar-refractivity contribution in [3.8, 4) is 0 Å². The lowest BCUT2D eigenvalue weighted by Gasteiger charge is -2.33. The van der Waals surface area contributed by atoms with Gasteiger partial charge < -0.3 is 5.73 Å². The Hall–Kier alpha value is -0.620. The van der Waals surface area contributed by atoms with Crippen LogP contribution in [0.5, 0.6) is 0 Å². The molecule has 1 fully saturated rings. The van der Waals surface area contributed by atoms with Crippen LogP contribution >= 0.6 is 12.4 Å². The summed E-state index contributed by atoms with van der Waals surface area (Å²) < 4.78 is 27.5. The second-order valence-corrected chi connectivity index (χ2v) is 7.75. The van der Waals surface area contributed by atoms with Crippen LogP contribution in [-0.4, -0.2) is 20.5 Å². The molecule has 0 aromatic heterocycles. The molecule has 6 heteroatoms. The summed E-state index contributed by atoms with van der Waals surface area (Å²) in [6, 6.07) is 5.46. The monoisotopic (exact) mass is 332 g/mol. The Bertz CT molecular complexity index is 581. The smallest absolute Gasteiger partial charge is 0.240 e. The summed E-state index contributed by atoms with van der Waals surface area (Å²) >= 11 is 0. The number of aryl methyl sites for hydroxylation is 2. The van der Waals surface area contributed by atoms with Crippen LogP contribution in [0.15, 0.2) is 23.1 Å². The lowest BCUT2D eigenvalue weighted by molar-refractivity contribution is 0.296. The highest BCUT2D eigenvalue weighted by molar-refractivity contribution is 7.89. The second kappa shape index (κ2) is 7.09. The molecule has 21 heavy (non-hydrogen) atoms. The predicted octanol–water partition coefficient (Wildman–Crippen LogP) is 2.67. The van der Waals surface area contributed by atoms with Gasteiger partial charge in [0.25, 0.3) is 0 Å². The molecule has 2 rings (SSSR count). The first kappa shape index (κ1) is 18.4. The van der Waals surface area contributed by atoms with Crippen LogP contribution in [0.3, 0.4) is 0 Å². The summed E-state index contributed by atoms with van der Waals surface area (Å²) in [7, 11) is -3.48. The molecule has 0 atom stereocenters. The van der Waals surface area contributed by atoms with Crippen molar-refractivity contribution in [2.45, 2.75) is 56.4 Å². The first-order valence-corrected chi connectivity index (χ1v) is 8.67. The van der Waals surface area contributed by atoms with Gasteiger partial charge in [-0.05, 0) is 43.9 Å². The van der Waals surface area contributed by atoms with Crippen molar-refractivity contribution in [1.82, 2.24) is 4.72 Å². The Morgan fingerprint density at radius 2 is 1.81 bits per heavy atom. The van der Waals surface area contributed by atoms with Crippen LogP contribution in [0.2, 0.25) is 0 Å². The Balaban J connectivity index is 0.00000220. The van der Waals surface area contributed by atoms with Crippen molar-refractivity contribution in [2.24, 2.45) is 5.73 Å². The molecular formula is C15H25ClN2O2S. The molecule has 4 nitrogen and oxygen atoms in total. The zero-order valence-corrected chi connectivity index (χ0v) is 14.3. The molecule has 1 aliphatic rings. The van der Waals surface area contributed by atoms with Crippen LogP contribution in [0, 0.1) is 13.8 Å². The number of nitrogens with one attached hydrogen (secondary N) is 1. The first-order valence-electron chi connectivity index (χ1n) is 7.18. The minimum absolute atomic E-state index is 0. The molecule has 0 radical (unpaired) electrons. The molecule has 1 aromatic rings. The van der Waals surface area contributed by atoms with Gasteiger partial charge in [0.05, 0.1) is 4.90 Å². The van der Waals surface area contributed by atoms with E-state index in [-0.39, 0.29) is 17.9 Å². The van der Waals surface area contributed by atoms with Crippen molar-refractivity contribution in [2.75, 3.05) is 6.54 Å². The van der Waals surface area contributed by atoms with E-state index in [1.54, 1.807) is 6.07 Å². The van der Waals surface area contributed by atoms with E-state index in [4.69, 9.17) is 5.73 Å². The van der Waals surface area contributed by atoms with Gasteiger partial charge in [-0.1, -0.05) is 31.4 Å². The molecule has 1 aromatic carbocycles. The Labute approximate surface area is 134 Å². The zero-order chi connectivity index (χ0) is 14.8. The Morgan fingerprint density at radius 3 is 2.43 bits per heavy atom. The van der Waals surface area contributed by atoms with Crippen LogP contribution in [0.4, 0.5) is 0 Å². The molecule has 0 heterocycles. The highest BCUT2D eigenvalue weighted by Gasteiger charge is 2.29. The maximum atomic E-state index is 12.4.